The fraction of sp³-hybridized carbons (Fsp3) is 0.588. The van der Waals surface area contributed by atoms with Gasteiger partial charge in [-0.25, -0.2) is 4.79 Å². The van der Waals surface area contributed by atoms with E-state index in [9.17, 15) is 4.79 Å². The molecule has 1 aromatic carbocycles. The van der Waals surface area contributed by atoms with Gasteiger partial charge in [0.15, 0.2) is 0 Å². The van der Waals surface area contributed by atoms with Gasteiger partial charge in [0, 0.05) is 12.2 Å². The van der Waals surface area contributed by atoms with Crippen LogP contribution in [-0.2, 0) is 0 Å². The fourth-order valence-corrected chi connectivity index (χ4v) is 2.30. The Kier molecular flexibility index (Phi) is 6.05. The molecule has 20 heavy (non-hydrogen) atoms. The van der Waals surface area contributed by atoms with Crippen molar-refractivity contribution in [2.75, 3.05) is 11.9 Å². The Morgan fingerprint density at radius 1 is 1.30 bits per heavy atom. The van der Waals surface area contributed by atoms with Gasteiger partial charge in [-0.05, 0) is 42.5 Å². The lowest BCUT2D eigenvalue weighted by Crippen LogP contribution is -2.23. The third-order valence-corrected chi connectivity index (χ3v) is 3.68. The molecule has 0 aliphatic heterocycles. The molecule has 0 spiro atoms. The van der Waals surface area contributed by atoms with Crippen molar-refractivity contribution >= 4 is 11.7 Å². The summed E-state index contributed by atoms with van der Waals surface area (Å²) in [7, 11) is 0. The van der Waals surface area contributed by atoms with Crippen LogP contribution in [-0.4, -0.2) is 17.6 Å². The number of nitrogens with one attached hydrogen (secondary N) is 1. The van der Waals surface area contributed by atoms with Crippen molar-refractivity contribution in [2.24, 2.45) is 5.41 Å². The normalized spacial score (nSPS) is 11.4. The molecule has 0 radical (unpaired) electrons. The molecule has 112 valence electrons. The highest BCUT2D eigenvalue weighted by Gasteiger charge is 2.17. The van der Waals surface area contributed by atoms with Gasteiger partial charge in [0.2, 0.25) is 0 Å². The number of carbonyl (C=O) groups is 1. The zero-order valence-electron chi connectivity index (χ0n) is 13.1. The molecule has 0 fully saturated rings. The van der Waals surface area contributed by atoms with E-state index in [0.29, 0.717) is 5.56 Å². The molecule has 1 aromatic rings. The number of carboxylic acid groups (broad SMARTS) is 1. The maximum Gasteiger partial charge on any atom is 0.335 e. The largest absolute Gasteiger partial charge is 0.478 e. The molecule has 0 saturated heterocycles. The minimum Gasteiger partial charge on any atom is -0.478 e. The van der Waals surface area contributed by atoms with Gasteiger partial charge in [-0.15, -0.1) is 0 Å². The second-order valence-corrected chi connectivity index (χ2v) is 6.31. The smallest absolute Gasteiger partial charge is 0.335 e. The molecule has 0 atom stereocenters. The molecule has 0 aromatic heterocycles. The topological polar surface area (TPSA) is 49.3 Å². The number of carboxylic acids is 1. The van der Waals surface area contributed by atoms with Crippen molar-refractivity contribution in [3.05, 3.63) is 29.3 Å². The third-order valence-electron chi connectivity index (χ3n) is 3.68. The van der Waals surface area contributed by atoms with Crippen LogP contribution in [0.1, 0.15) is 62.4 Å². The quantitative estimate of drug-likeness (QED) is 0.676. The van der Waals surface area contributed by atoms with Crippen LogP contribution >= 0.6 is 0 Å². The van der Waals surface area contributed by atoms with E-state index < -0.39 is 5.97 Å². The molecule has 0 aliphatic rings. The second-order valence-electron chi connectivity index (χ2n) is 6.31. The van der Waals surface area contributed by atoms with Crippen LogP contribution in [0.25, 0.3) is 0 Å². The lowest BCUT2D eigenvalue weighted by Gasteiger charge is -2.25. The predicted octanol–water partition coefficient (Wildman–Crippen LogP) is 4.71. The highest BCUT2D eigenvalue weighted by Crippen LogP contribution is 2.25. The molecule has 3 heteroatoms. The molecule has 0 aliphatic carbocycles. The number of aromatic carboxylic acids is 1. The van der Waals surface area contributed by atoms with Gasteiger partial charge in [-0.2, -0.15) is 0 Å². The average Bonchev–Trinajstić information content (AvgIpc) is 2.36. The number of unbranched alkanes of at least 4 members (excludes halogenated alkanes) is 2. The molecular formula is C17H27NO2. The highest BCUT2D eigenvalue weighted by molar-refractivity contribution is 5.89. The SMILES string of the molecule is CCCCCC(C)(C)CNc1ccc(C(=O)O)c(C)c1. The molecular weight excluding hydrogens is 250 g/mol. The molecule has 0 amide bonds. The van der Waals surface area contributed by atoms with Gasteiger partial charge in [0.1, 0.15) is 0 Å². The maximum atomic E-state index is 11.0. The van der Waals surface area contributed by atoms with E-state index in [1.165, 1.54) is 25.7 Å². The Morgan fingerprint density at radius 2 is 2.00 bits per heavy atom. The number of hydrogen-bond donors (Lipinski definition) is 2. The monoisotopic (exact) mass is 277 g/mol. The minimum absolute atomic E-state index is 0.258. The van der Waals surface area contributed by atoms with Gasteiger partial charge < -0.3 is 10.4 Å². The first-order chi connectivity index (χ1) is 9.35. The molecule has 1 rings (SSSR count). The molecule has 0 bridgehead atoms. The van der Waals surface area contributed by atoms with E-state index in [-0.39, 0.29) is 5.41 Å². The van der Waals surface area contributed by atoms with Gasteiger partial charge >= 0.3 is 5.97 Å². The lowest BCUT2D eigenvalue weighted by atomic mass is 9.87. The molecule has 0 heterocycles. The summed E-state index contributed by atoms with van der Waals surface area (Å²) in [5.74, 6) is -0.867. The van der Waals surface area contributed by atoms with Crippen LogP contribution in [0.4, 0.5) is 5.69 Å². The van der Waals surface area contributed by atoms with Crippen molar-refractivity contribution in [1.82, 2.24) is 0 Å². The average molecular weight is 277 g/mol. The number of hydrogen-bond acceptors (Lipinski definition) is 2. The van der Waals surface area contributed by atoms with Gasteiger partial charge in [-0.3, -0.25) is 0 Å². The third kappa shape index (κ3) is 5.24. The summed E-state index contributed by atoms with van der Waals surface area (Å²) in [5.41, 5.74) is 2.43. The molecule has 0 unspecified atom stereocenters. The lowest BCUT2D eigenvalue weighted by molar-refractivity contribution is 0.0696. The van der Waals surface area contributed by atoms with Gasteiger partial charge in [-0.1, -0.05) is 40.0 Å². The standard InChI is InChI=1S/C17H27NO2/c1-5-6-7-10-17(3,4)12-18-14-8-9-15(16(19)20)13(2)11-14/h8-9,11,18H,5-7,10,12H2,1-4H3,(H,19,20). The predicted molar refractivity (Wildman–Crippen MR) is 84.6 cm³/mol. The summed E-state index contributed by atoms with van der Waals surface area (Å²) >= 11 is 0. The minimum atomic E-state index is -0.867. The molecule has 2 N–H and O–H groups in total. The Labute approximate surface area is 122 Å². The summed E-state index contributed by atoms with van der Waals surface area (Å²) in [6, 6.07) is 5.42. The number of benzene rings is 1. The van der Waals surface area contributed by atoms with Crippen molar-refractivity contribution in [1.29, 1.82) is 0 Å². The number of anilines is 1. The molecule has 0 saturated carbocycles. The fourth-order valence-electron chi connectivity index (χ4n) is 2.30. The second kappa shape index (κ2) is 7.32. The zero-order valence-corrected chi connectivity index (χ0v) is 13.1. The maximum absolute atomic E-state index is 11.0. The summed E-state index contributed by atoms with van der Waals surface area (Å²) in [5, 5.41) is 12.4. The van der Waals surface area contributed by atoms with Crippen molar-refractivity contribution in [3.8, 4) is 0 Å². The Morgan fingerprint density at radius 3 is 2.55 bits per heavy atom. The van der Waals surface area contributed by atoms with Crippen LogP contribution in [0, 0.1) is 12.3 Å². The Bertz CT molecular complexity index is 452. The first-order valence-electron chi connectivity index (χ1n) is 7.43. The summed E-state index contributed by atoms with van der Waals surface area (Å²) < 4.78 is 0. The van der Waals surface area contributed by atoms with Crippen LogP contribution in [0.3, 0.4) is 0 Å². The van der Waals surface area contributed by atoms with E-state index in [4.69, 9.17) is 5.11 Å². The first-order valence-corrected chi connectivity index (χ1v) is 7.43. The van der Waals surface area contributed by atoms with Gasteiger partial charge in [0.05, 0.1) is 5.56 Å². The highest BCUT2D eigenvalue weighted by atomic mass is 16.4. The van der Waals surface area contributed by atoms with Crippen LogP contribution in [0.5, 0.6) is 0 Å². The zero-order chi connectivity index (χ0) is 15.2. The summed E-state index contributed by atoms with van der Waals surface area (Å²) in [4.78, 5) is 11.0. The van der Waals surface area contributed by atoms with Crippen molar-refractivity contribution < 1.29 is 9.90 Å². The van der Waals surface area contributed by atoms with Crippen LogP contribution in [0.2, 0.25) is 0 Å². The van der Waals surface area contributed by atoms with Crippen molar-refractivity contribution in [3.63, 3.8) is 0 Å². The van der Waals surface area contributed by atoms with E-state index in [2.05, 4.69) is 26.1 Å². The Balaban J connectivity index is 2.57. The van der Waals surface area contributed by atoms with E-state index >= 15 is 0 Å². The summed E-state index contributed by atoms with van der Waals surface area (Å²) in [6.45, 7) is 9.50. The number of aryl methyl sites for hydroxylation is 1. The van der Waals surface area contributed by atoms with E-state index in [1.807, 2.05) is 19.1 Å². The van der Waals surface area contributed by atoms with Crippen LogP contribution in [0.15, 0.2) is 18.2 Å². The van der Waals surface area contributed by atoms with Crippen molar-refractivity contribution in [2.45, 2.75) is 53.4 Å². The Hall–Kier alpha value is -1.51. The first kappa shape index (κ1) is 16.5. The van der Waals surface area contributed by atoms with E-state index in [1.54, 1.807) is 6.07 Å². The number of rotatable bonds is 8. The molecule has 3 nitrogen and oxygen atoms in total. The summed E-state index contributed by atoms with van der Waals surface area (Å²) in [6.07, 6.45) is 5.01. The van der Waals surface area contributed by atoms with Gasteiger partial charge in [0.25, 0.3) is 0 Å². The van der Waals surface area contributed by atoms with Crippen LogP contribution < -0.4 is 5.32 Å². The van der Waals surface area contributed by atoms with E-state index in [0.717, 1.165) is 17.8 Å².